The normalized spacial score (nSPS) is 28.2. The molecule has 1 saturated carbocycles. The Hall–Kier alpha value is -1.77. The highest BCUT2D eigenvalue weighted by molar-refractivity contribution is 5.40. The van der Waals surface area contributed by atoms with Gasteiger partial charge < -0.3 is 0 Å². The maximum atomic E-state index is 14.1. The molecule has 0 nitrogen and oxygen atoms in total. The van der Waals surface area contributed by atoms with Gasteiger partial charge in [-0.1, -0.05) is 60.7 Å². The van der Waals surface area contributed by atoms with E-state index in [9.17, 15) is 13.2 Å². The summed E-state index contributed by atoms with van der Waals surface area (Å²) in [7, 11) is 0. The molecule has 21 heavy (non-hydrogen) atoms. The predicted molar refractivity (Wildman–Crippen MR) is 77.6 cm³/mol. The first-order valence-electron chi connectivity index (χ1n) is 7.17. The van der Waals surface area contributed by atoms with E-state index < -0.39 is 23.9 Å². The Morgan fingerprint density at radius 2 is 1.05 bits per heavy atom. The Bertz CT molecular complexity index is 528. The fraction of sp³-hybridized carbons (Fsp3) is 0.333. The summed E-state index contributed by atoms with van der Waals surface area (Å²) in [6.45, 7) is 0. The van der Waals surface area contributed by atoms with E-state index in [0.29, 0.717) is 0 Å². The number of benzene rings is 2. The van der Waals surface area contributed by atoms with Crippen LogP contribution in [0.3, 0.4) is 0 Å². The minimum Gasteiger partial charge on any atom is -0.244 e. The van der Waals surface area contributed by atoms with Gasteiger partial charge in [-0.3, -0.25) is 0 Å². The Kier molecular flexibility index (Phi) is 3.75. The molecule has 0 N–H and O–H groups in total. The number of hydrogen-bond donors (Lipinski definition) is 0. The highest BCUT2D eigenvalue weighted by Gasteiger charge is 2.49. The van der Waals surface area contributed by atoms with Gasteiger partial charge in [-0.25, -0.2) is 13.2 Å². The molecule has 2 atom stereocenters. The predicted octanol–water partition coefficient (Wildman–Crippen LogP) is 4.78. The van der Waals surface area contributed by atoms with E-state index in [0.717, 1.165) is 11.1 Å². The molecule has 1 fully saturated rings. The second kappa shape index (κ2) is 5.55. The molecule has 0 radical (unpaired) electrons. The van der Waals surface area contributed by atoms with Crippen molar-refractivity contribution in [3.63, 3.8) is 0 Å². The zero-order chi connectivity index (χ0) is 14.9. The molecule has 0 amide bonds. The Morgan fingerprint density at radius 1 is 0.667 bits per heavy atom. The van der Waals surface area contributed by atoms with Gasteiger partial charge in [-0.2, -0.15) is 0 Å². The summed E-state index contributed by atoms with van der Waals surface area (Å²) in [5, 5.41) is 0. The van der Waals surface area contributed by atoms with Gasteiger partial charge in [-0.15, -0.1) is 0 Å². The van der Waals surface area contributed by atoms with E-state index in [2.05, 4.69) is 0 Å². The molecule has 2 unspecified atom stereocenters. The Morgan fingerprint density at radius 3 is 1.43 bits per heavy atom. The third-order valence-corrected chi connectivity index (χ3v) is 4.43. The molecule has 0 saturated heterocycles. The molecule has 0 bridgehead atoms. The third-order valence-electron chi connectivity index (χ3n) is 4.43. The van der Waals surface area contributed by atoms with Crippen molar-refractivity contribution in [2.75, 3.05) is 0 Å². The van der Waals surface area contributed by atoms with E-state index in [1.54, 1.807) is 0 Å². The summed E-state index contributed by atoms with van der Waals surface area (Å²) in [5.74, 6) is 0. The molecule has 3 rings (SSSR count). The van der Waals surface area contributed by atoms with Gasteiger partial charge >= 0.3 is 0 Å². The van der Waals surface area contributed by atoms with Crippen LogP contribution in [0.5, 0.6) is 0 Å². The number of halogens is 3. The van der Waals surface area contributed by atoms with E-state index in [1.807, 2.05) is 60.7 Å². The molecule has 1 aliphatic carbocycles. The Balaban J connectivity index is 2.13. The average Bonchev–Trinajstić information content (AvgIpc) is 2.54. The highest BCUT2D eigenvalue weighted by atomic mass is 19.2. The van der Waals surface area contributed by atoms with Crippen LogP contribution in [0.2, 0.25) is 0 Å². The molecule has 0 spiro atoms. The highest BCUT2D eigenvalue weighted by Crippen LogP contribution is 2.47. The van der Waals surface area contributed by atoms with Gasteiger partial charge in [0.2, 0.25) is 0 Å². The fourth-order valence-electron chi connectivity index (χ4n) is 3.35. The second-order valence-electron chi connectivity index (χ2n) is 5.70. The second-order valence-corrected chi connectivity index (χ2v) is 5.70. The van der Waals surface area contributed by atoms with Gasteiger partial charge in [0.1, 0.15) is 12.3 Å². The smallest absolute Gasteiger partial charge is 0.162 e. The summed E-state index contributed by atoms with van der Waals surface area (Å²) in [6, 6.07) is 18.6. The quantitative estimate of drug-likeness (QED) is 0.746. The van der Waals surface area contributed by atoms with Crippen LogP contribution >= 0.6 is 0 Å². The zero-order valence-corrected chi connectivity index (χ0v) is 11.6. The first kappa shape index (κ1) is 14.2. The van der Waals surface area contributed by atoms with Crippen molar-refractivity contribution in [1.82, 2.24) is 0 Å². The molecule has 0 aliphatic heterocycles. The minimum absolute atomic E-state index is 0.0252. The molecule has 3 heteroatoms. The average molecular weight is 290 g/mol. The lowest BCUT2D eigenvalue weighted by atomic mass is 9.64. The third kappa shape index (κ3) is 2.45. The van der Waals surface area contributed by atoms with Crippen molar-refractivity contribution in [3.05, 3.63) is 71.8 Å². The van der Waals surface area contributed by atoms with Crippen LogP contribution in [0, 0.1) is 0 Å². The summed E-state index contributed by atoms with van der Waals surface area (Å²) in [4.78, 5) is 0. The topological polar surface area (TPSA) is 0 Å². The molecule has 2 aromatic rings. The van der Waals surface area contributed by atoms with Gasteiger partial charge in [0, 0.05) is 5.41 Å². The monoisotopic (exact) mass is 290 g/mol. The first-order valence-corrected chi connectivity index (χ1v) is 7.17. The lowest BCUT2D eigenvalue weighted by Gasteiger charge is -2.42. The van der Waals surface area contributed by atoms with Gasteiger partial charge in [0.25, 0.3) is 0 Å². The molecule has 2 aromatic carbocycles. The van der Waals surface area contributed by atoms with Gasteiger partial charge in [-0.05, 0) is 24.0 Å². The van der Waals surface area contributed by atoms with Crippen molar-refractivity contribution < 1.29 is 13.2 Å². The van der Waals surface area contributed by atoms with Gasteiger partial charge in [0.05, 0.1) is 0 Å². The Labute approximate surface area is 122 Å². The SMILES string of the molecule is FC1CC(c2ccccc2)(c2ccccc2)CC(F)C1F. The molecular formula is C18H17F3. The van der Waals surface area contributed by atoms with Crippen LogP contribution in [0.1, 0.15) is 24.0 Å². The maximum absolute atomic E-state index is 14.1. The van der Waals surface area contributed by atoms with Crippen molar-refractivity contribution >= 4 is 0 Å². The molecule has 0 aromatic heterocycles. The van der Waals surface area contributed by atoms with Crippen molar-refractivity contribution in [1.29, 1.82) is 0 Å². The summed E-state index contributed by atoms with van der Waals surface area (Å²) in [5.41, 5.74) is 0.881. The zero-order valence-electron chi connectivity index (χ0n) is 11.6. The first-order chi connectivity index (χ1) is 10.1. The molecule has 110 valence electrons. The minimum atomic E-state index is -2.02. The van der Waals surface area contributed by atoms with Crippen LogP contribution < -0.4 is 0 Å². The summed E-state index contributed by atoms with van der Waals surface area (Å²) >= 11 is 0. The van der Waals surface area contributed by atoms with E-state index in [4.69, 9.17) is 0 Å². The lowest BCUT2D eigenvalue weighted by molar-refractivity contribution is 0.0152. The molecular weight excluding hydrogens is 273 g/mol. The van der Waals surface area contributed by atoms with Gasteiger partial charge in [0.15, 0.2) is 6.17 Å². The largest absolute Gasteiger partial charge is 0.244 e. The van der Waals surface area contributed by atoms with Crippen LogP contribution in [0.4, 0.5) is 13.2 Å². The summed E-state index contributed by atoms with van der Waals surface area (Å²) < 4.78 is 41.8. The molecule has 0 heterocycles. The fourth-order valence-corrected chi connectivity index (χ4v) is 3.35. The van der Waals surface area contributed by atoms with Crippen molar-refractivity contribution in [2.45, 2.75) is 36.8 Å². The van der Waals surface area contributed by atoms with Crippen LogP contribution in [0.25, 0.3) is 0 Å². The van der Waals surface area contributed by atoms with Crippen LogP contribution in [-0.4, -0.2) is 18.5 Å². The number of alkyl halides is 3. The maximum Gasteiger partial charge on any atom is 0.162 e. The number of hydrogen-bond acceptors (Lipinski definition) is 0. The molecule has 1 aliphatic rings. The standard InChI is InChI=1S/C18H17F3/c19-15-11-18(12-16(20)17(15)21,13-7-3-1-4-8-13)14-9-5-2-6-10-14/h1-10,15-17H,11-12H2. The van der Waals surface area contributed by atoms with E-state index >= 15 is 0 Å². The number of rotatable bonds is 2. The van der Waals surface area contributed by atoms with E-state index in [-0.39, 0.29) is 12.8 Å². The summed E-state index contributed by atoms with van der Waals surface area (Å²) in [6.07, 6.45) is -5.64. The van der Waals surface area contributed by atoms with Crippen molar-refractivity contribution in [3.8, 4) is 0 Å². The van der Waals surface area contributed by atoms with E-state index in [1.165, 1.54) is 0 Å². The lowest BCUT2D eigenvalue weighted by Crippen LogP contribution is -2.46. The van der Waals surface area contributed by atoms with Crippen LogP contribution in [-0.2, 0) is 5.41 Å². The van der Waals surface area contributed by atoms with Crippen LogP contribution in [0.15, 0.2) is 60.7 Å². The van der Waals surface area contributed by atoms with Crippen molar-refractivity contribution in [2.24, 2.45) is 0 Å².